The van der Waals surface area contributed by atoms with Gasteiger partial charge in [0.1, 0.15) is 0 Å². The van der Waals surface area contributed by atoms with E-state index >= 15 is 0 Å². The summed E-state index contributed by atoms with van der Waals surface area (Å²) in [5.41, 5.74) is 7.91. The van der Waals surface area contributed by atoms with E-state index in [1.54, 1.807) is 50.2 Å². The molecule has 9 heteroatoms. The zero-order valence-corrected chi connectivity index (χ0v) is 18.8. The number of amides is 2. The Kier molecular flexibility index (Phi) is 6.78. The van der Waals surface area contributed by atoms with Gasteiger partial charge < -0.3 is 11.1 Å². The molecule has 2 amide bonds. The Bertz CT molecular complexity index is 1080. The molecule has 166 valence electrons. The summed E-state index contributed by atoms with van der Waals surface area (Å²) in [6.07, 6.45) is 0. The molecule has 1 fully saturated rings. The van der Waals surface area contributed by atoms with Crippen LogP contribution in [0.3, 0.4) is 0 Å². The molecular weight excluding hydrogens is 416 g/mol. The van der Waals surface area contributed by atoms with Crippen LogP contribution in [0.2, 0.25) is 0 Å². The third kappa shape index (κ3) is 5.12. The first-order valence-electron chi connectivity index (χ1n) is 10.1. The molecule has 0 aromatic heterocycles. The maximum absolute atomic E-state index is 13.0. The van der Waals surface area contributed by atoms with Crippen molar-refractivity contribution < 1.29 is 18.0 Å². The van der Waals surface area contributed by atoms with E-state index in [0.29, 0.717) is 42.3 Å². The molecule has 1 heterocycles. The fraction of sp³-hybridized carbons (Fsp3) is 0.364. The van der Waals surface area contributed by atoms with Gasteiger partial charge in [-0.25, -0.2) is 8.42 Å². The summed E-state index contributed by atoms with van der Waals surface area (Å²) >= 11 is 0. The monoisotopic (exact) mass is 444 g/mol. The Morgan fingerprint density at radius 3 is 2.16 bits per heavy atom. The minimum Gasteiger partial charge on any atom is -0.366 e. The summed E-state index contributed by atoms with van der Waals surface area (Å²) in [6.45, 7) is 7.08. The number of rotatable bonds is 6. The van der Waals surface area contributed by atoms with Gasteiger partial charge in [-0.05, 0) is 56.7 Å². The first-order valence-corrected chi connectivity index (χ1v) is 11.6. The van der Waals surface area contributed by atoms with Crippen LogP contribution in [-0.4, -0.2) is 61.7 Å². The molecule has 1 saturated heterocycles. The molecule has 1 aliphatic rings. The molecule has 1 unspecified atom stereocenters. The first kappa shape index (κ1) is 22.9. The van der Waals surface area contributed by atoms with Gasteiger partial charge in [0, 0.05) is 37.4 Å². The number of anilines is 1. The number of carbonyl (C=O) groups excluding carboxylic acids is 2. The van der Waals surface area contributed by atoms with Crippen LogP contribution in [0.15, 0.2) is 47.4 Å². The number of carbonyl (C=O) groups is 2. The number of aryl methyl sites for hydroxylation is 2. The Labute approximate surface area is 183 Å². The SMILES string of the molecule is Cc1ccc(S(=O)(=O)N2CCN(C(C)C(=O)Nc3ccc(C(N)=O)cc3)CC2)c(C)c1. The fourth-order valence-electron chi connectivity index (χ4n) is 3.69. The average Bonchev–Trinajstić information content (AvgIpc) is 2.73. The zero-order chi connectivity index (χ0) is 22.8. The van der Waals surface area contributed by atoms with Crippen molar-refractivity contribution in [3.8, 4) is 0 Å². The molecule has 2 aromatic rings. The van der Waals surface area contributed by atoms with Gasteiger partial charge in [0.2, 0.25) is 21.8 Å². The molecule has 31 heavy (non-hydrogen) atoms. The average molecular weight is 445 g/mol. The van der Waals surface area contributed by atoms with Gasteiger partial charge >= 0.3 is 0 Å². The van der Waals surface area contributed by atoms with Crippen molar-refractivity contribution in [2.24, 2.45) is 5.73 Å². The van der Waals surface area contributed by atoms with E-state index in [4.69, 9.17) is 5.73 Å². The number of benzene rings is 2. The third-order valence-corrected chi connectivity index (χ3v) is 7.64. The Morgan fingerprint density at radius 1 is 1.00 bits per heavy atom. The predicted molar refractivity (Wildman–Crippen MR) is 119 cm³/mol. The molecule has 0 bridgehead atoms. The molecule has 0 saturated carbocycles. The normalized spacial score (nSPS) is 16.6. The number of nitrogens with one attached hydrogen (secondary N) is 1. The third-order valence-electron chi connectivity index (χ3n) is 5.59. The molecule has 0 aliphatic carbocycles. The van der Waals surface area contributed by atoms with Crippen LogP contribution < -0.4 is 11.1 Å². The fourth-order valence-corrected chi connectivity index (χ4v) is 5.32. The van der Waals surface area contributed by atoms with Gasteiger partial charge in [-0.3, -0.25) is 14.5 Å². The van der Waals surface area contributed by atoms with Crippen LogP contribution in [0.1, 0.15) is 28.4 Å². The highest BCUT2D eigenvalue weighted by molar-refractivity contribution is 7.89. The lowest BCUT2D eigenvalue weighted by atomic mass is 10.2. The van der Waals surface area contributed by atoms with Gasteiger partial charge in [0.05, 0.1) is 10.9 Å². The van der Waals surface area contributed by atoms with Crippen LogP contribution in [0.25, 0.3) is 0 Å². The van der Waals surface area contributed by atoms with Gasteiger partial charge in [0.15, 0.2) is 0 Å². The highest BCUT2D eigenvalue weighted by Gasteiger charge is 2.32. The number of primary amides is 1. The van der Waals surface area contributed by atoms with Crippen molar-refractivity contribution in [2.75, 3.05) is 31.5 Å². The van der Waals surface area contributed by atoms with Gasteiger partial charge in [-0.2, -0.15) is 4.31 Å². The molecule has 3 N–H and O–H groups in total. The number of sulfonamides is 1. The summed E-state index contributed by atoms with van der Waals surface area (Å²) in [6, 6.07) is 11.3. The van der Waals surface area contributed by atoms with E-state index in [1.807, 2.05) is 17.9 Å². The van der Waals surface area contributed by atoms with Crippen molar-refractivity contribution in [3.63, 3.8) is 0 Å². The van der Waals surface area contributed by atoms with Gasteiger partial charge in [-0.15, -0.1) is 0 Å². The maximum atomic E-state index is 13.0. The molecule has 1 atom stereocenters. The smallest absolute Gasteiger partial charge is 0.248 e. The summed E-state index contributed by atoms with van der Waals surface area (Å²) < 4.78 is 27.6. The highest BCUT2D eigenvalue weighted by Crippen LogP contribution is 2.23. The molecule has 0 radical (unpaired) electrons. The van der Waals surface area contributed by atoms with Crippen molar-refractivity contribution >= 4 is 27.5 Å². The lowest BCUT2D eigenvalue weighted by molar-refractivity contribution is -0.121. The molecule has 2 aromatic carbocycles. The first-order chi connectivity index (χ1) is 14.6. The second kappa shape index (κ2) is 9.17. The number of piperazine rings is 1. The summed E-state index contributed by atoms with van der Waals surface area (Å²) in [7, 11) is -3.57. The second-order valence-electron chi connectivity index (χ2n) is 7.82. The predicted octanol–water partition coefficient (Wildman–Crippen LogP) is 1.74. The van der Waals surface area contributed by atoms with E-state index in [1.165, 1.54) is 4.31 Å². The van der Waals surface area contributed by atoms with Crippen molar-refractivity contribution in [3.05, 3.63) is 59.2 Å². The Hall–Kier alpha value is -2.75. The van der Waals surface area contributed by atoms with Gasteiger partial charge in [-0.1, -0.05) is 17.7 Å². The molecule has 0 spiro atoms. The Morgan fingerprint density at radius 2 is 1.61 bits per heavy atom. The second-order valence-corrected chi connectivity index (χ2v) is 9.72. The lowest BCUT2D eigenvalue weighted by Gasteiger charge is -2.36. The van der Waals surface area contributed by atoms with Crippen molar-refractivity contribution in [1.29, 1.82) is 0 Å². The minimum absolute atomic E-state index is 0.197. The largest absolute Gasteiger partial charge is 0.366 e. The van der Waals surface area contributed by atoms with Crippen LogP contribution in [0.5, 0.6) is 0 Å². The van der Waals surface area contributed by atoms with Gasteiger partial charge in [0.25, 0.3) is 0 Å². The maximum Gasteiger partial charge on any atom is 0.248 e. The van der Waals surface area contributed by atoms with Crippen LogP contribution in [0, 0.1) is 13.8 Å². The number of nitrogens with zero attached hydrogens (tertiary/aromatic N) is 2. The molecule has 1 aliphatic heterocycles. The van der Waals surface area contributed by atoms with E-state index in [0.717, 1.165) is 11.1 Å². The van der Waals surface area contributed by atoms with Crippen LogP contribution >= 0.6 is 0 Å². The minimum atomic E-state index is -3.57. The number of nitrogens with two attached hydrogens (primary N) is 1. The van der Waals surface area contributed by atoms with E-state index < -0.39 is 22.0 Å². The standard InChI is InChI=1S/C22H28N4O4S/c1-15-4-9-20(16(2)14-15)31(29,30)26-12-10-25(11-13-26)17(3)22(28)24-19-7-5-18(6-8-19)21(23)27/h4-9,14,17H,10-13H2,1-3H3,(H2,23,27)(H,24,28). The summed E-state index contributed by atoms with van der Waals surface area (Å²) in [5, 5.41) is 2.82. The van der Waals surface area contributed by atoms with E-state index in [2.05, 4.69) is 5.32 Å². The highest BCUT2D eigenvalue weighted by atomic mass is 32.2. The van der Waals surface area contributed by atoms with Crippen LogP contribution in [-0.2, 0) is 14.8 Å². The van der Waals surface area contributed by atoms with E-state index in [-0.39, 0.29) is 5.91 Å². The van der Waals surface area contributed by atoms with Crippen LogP contribution in [0.4, 0.5) is 5.69 Å². The van der Waals surface area contributed by atoms with E-state index in [9.17, 15) is 18.0 Å². The topological polar surface area (TPSA) is 113 Å². The lowest BCUT2D eigenvalue weighted by Crippen LogP contribution is -2.54. The summed E-state index contributed by atoms with van der Waals surface area (Å²) in [5.74, 6) is -0.725. The number of hydrogen-bond acceptors (Lipinski definition) is 5. The Balaban J connectivity index is 1.60. The molecule has 8 nitrogen and oxygen atoms in total. The number of hydrogen-bond donors (Lipinski definition) is 2. The molecule has 3 rings (SSSR count). The van der Waals surface area contributed by atoms with Crippen molar-refractivity contribution in [2.45, 2.75) is 31.7 Å². The van der Waals surface area contributed by atoms with Crippen molar-refractivity contribution in [1.82, 2.24) is 9.21 Å². The summed E-state index contributed by atoms with van der Waals surface area (Å²) in [4.78, 5) is 26.1. The quantitative estimate of drug-likeness (QED) is 0.705. The zero-order valence-electron chi connectivity index (χ0n) is 18.0. The molecular formula is C22H28N4O4S.